The monoisotopic (exact) mass is 314 g/mol. The van der Waals surface area contributed by atoms with Gasteiger partial charge in [-0.1, -0.05) is 29.4 Å². The van der Waals surface area contributed by atoms with Crippen LogP contribution in [0.4, 0.5) is 0 Å². The third kappa shape index (κ3) is 2.67. The summed E-state index contributed by atoms with van der Waals surface area (Å²) < 4.78 is 5.46. The van der Waals surface area contributed by atoms with Crippen molar-refractivity contribution in [1.29, 1.82) is 0 Å². The second-order valence-corrected chi connectivity index (χ2v) is 5.41. The van der Waals surface area contributed by atoms with E-state index in [0.717, 1.165) is 22.3 Å². The molecule has 0 N–H and O–H groups in total. The van der Waals surface area contributed by atoms with Gasteiger partial charge < -0.3 is 4.52 Å². The molecule has 0 aliphatic carbocycles. The fourth-order valence-corrected chi connectivity index (χ4v) is 2.50. The molecule has 0 bridgehead atoms. The van der Waals surface area contributed by atoms with Crippen LogP contribution in [-0.2, 0) is 0 Å². The number of pyridine rings is 2. The zero-order valence-electron chi connectivity index (χ0n) is 13.0. The number of nitrogens with zero attached hydrogens (tertiary/aromatic N) is 4. The van der Waals surface area contributed by atoms with E-state index in [2.05, 4.69) is 26.2 Å². The summed E-state index contributed by atoms with van der Waals surface area (Å²) in [6.45, 7) is 2.02. The highest BCUT2D eigenvalue weighted by atomic mass is 16.5. The highest BCUT2D eigenvalue weighted by molar-refractivity contribution is 5.71. The first-order chi connectivity index (χ1) is 11.8. The minimum absolute atomic E-state index is 0.483. The van der Waals surface area contributed by atoms with E-state index in [-0.39, 0.29) is 0 Å². The Morgan fingerprint density at radius 3 is 2.67 bits per heavy atom. The van der Waals surface area contributed by atoms with Gasteiger partial charge in [-0.3, -0.25) is 9.97 Å². The molecule has 0 fully saturated rings. The molecule has 0 aliphatic rings. The lowest BCUT2D eigenvalue weighted by Gasteiger charge is -2.05. The summed E-state index contributed by atoms with van der Waals surface area (Å²) in [5.41, 5.74) is 4.77. The van der Waals surface area contributed by atoms with Gasteiger partial charge in [0, 0.05) is 29.7 Å². The summed E-state index contributed by atoms with van der Waals surface area (Å²) in [5.74, 6) is 0.968. The number of hydrogen-bond acceptors (Lipinski definition) is 5. The molecule has 24 heavy (non-hydrogen) atoms. The maximum Gasteiger partial charge on any atom is 0.258 e. The summed E-state index contributed by atoms with van der Waals surface area (Å²) >= 11 is 0. The van der Waals surface area contributed by atoms with E-state index < -0.39 is 0 Å². The largest absolute Gasteiger partial charge is 0.334 e. The Kier molecular flexibility index (Phi) is 3.59. The molecule has 5 heteroatoms. The molecule has 116 valence electrons. The zero-order chi connectivity index (χ0) is 16.4. The van der Waals surface area contributed by atoms with Gasteiger partial charge in [-0.15, -0.1) is 0 Å². The summed E-state index contributed by atoms with van der Waals surface area (Å²) in [7, 11) is 0. The predicted octanol–water partition coefficient (Wildman–Crippen LogP) is 4.17. The fourth-order valence-electron chi connectivity index (χ4n) is 2.50. The molecule has 0 atom stereocenters. The molecule has 5 nitrogen and oxygen atoms in total. The molecule has 0 amide bonds. The average Bonchev–Trinajstić information content (AvgIpc) is 3.13. The molecule has 0 aliphatic heterocycles. The molecule has 3 heterocycles. The Bertz CT molecular complexity index is 965. The first-order valence-corrected chi connectivity index (χ1v) is 7.58. The molecule has 1 aromatic carbocycles. The zero-order valence-corrected chi connectivity index (χ0v) is 13.0. The summed E-state index contributed by atoms with van der Waals surface area (Å²) in [4.78, 5) is 12.9. The van der Waals surface area contributed by atoms with Crippen molar-refractivity contribution in [3.63, 3.8) is 0 Å². The molecule has 4 aromatic rings. The van der Waals surface area contributed by atoms with E-state index >= 15 is 0 Å². The molecular formula is C19H14N4O. The Hall–Kier alpha value is -3.34. The lowest BCUT2D eigenvalue weighted by molar-refractivity contribution is 0.432. The number of hydrogen-bond donors (Lipinski definition) is 0. The normalized spacial score (nSPS) is 10.7. The molecule has 0 saturated heterocycles. The highest BCUT2D eigenvalue weighted by Gasteiger charge is 2.14. The highest BCUT2D eigenvalue weighted by Crippen LogP contribution is 2.29. The maximum absolute atomic E-state index is 5.46. The Balaban J connectivity index is 1.76. The fraction of sp³-hybridized carbons (Fsp3) is 0.0526. The predicted molar refractivity (Wildman–Crippen MR) is 90.9 cm³/mol. The Labute approximate surface area is 139 Å². The number of rotatable bonds is 3. The van der Waals surface area contributed by atoms with E-state index in [4.69, 9.17) is 4.52 Å². The number of aromatic nitrogens is 4. The van der Waals surface area contributed by atoms with Crippen LogP contribution in [0.2, 0.25) is 0 Å². The molecule has 0 radical (unpaired) electrons. The van der Waals surface area contributed by atoms with Crippen molar-refractivity contribution in [2.75, 3.05) is 0 Å². The van der Waals surface area contributed by atoms with Crippen LogP contribution in [-0.4, -0.2) is 20.1 Å². The number of aryl methyl sites for hydroxylation is 1. The van der Waals surface area contributed by atoms with Gasteiger partial charge in [-0.2, -0.15) is 4.98 Å². The van der Waals surface area contributed by atoms with E-state index in [1.807, 2.05) is 55.6 Å². The van der Waals surface area contributed by atoms with Crippen molar-refractivity contribution >= 4 is 0 Å². The Morgan fingerprint density at radius 2 is 1.88 bits per heavy atom. The first kappa shape index (κ1) is 14.3. The standard InChI is InChI=1S/C19H14N4O/c1-13-7-8-14(15-5-4-9-20-12-15)11-16(13)19-22-18(23-24-19)17-6-2-3-10-21-17/h2-12H,1H3. The van der Waals surface area contributed by atoms with Gasteiger partial charge in [-0.05, 0) is 42.3 Å². The summed E-state index contributed by atoms with van der Waals surface area (Å²) in [5, 5.41) is 4.05. The van der Waals surface area contributed by atoms with E-state index in [1.165, 1.54) is 0 Å². The van der Waals surface area contributed by atoms with Crippen LogP contribution in [0.1, 0.15) is 5.56 Å². The van der Waals surface area contributed by atoms with Crippen LogP contribution in [0.3, 0.4) is 0 Å². The van der Waals surface area contributed by atoms with Crippen molar-refractivity contribution in [3.8, 4) is 34.1 Å². The third-order valence-electron chi connectivity index (χ3n) is 3.78. The first-order valence-electron chi connectivity index (χ1n) is 7.58. The van der Waals surface area contributed by atoms with Crippen LogP contribution in [0.5, 0.6) is 0 Å². The van der Waals surface area contributed by atoms with Crippen LogP contribution >= 0.6 is 0 Å². The van der Waals surface area contributed by atoms with Gasteiger partial charge in [0.05, 0.1) is 0 Å². The molecule has 0 saturated carbocycles. The lowest BCUT2D eigenvalue weighted by atomic mass is 10.0. The second kappa shape index (κ2) is 6.04. The molecule has 0 unspecified atom stereocenters. The van der Waals surface area contributed by atoms with Crippen molar-refractivity contribution in [1.82, 2.24) is 20.1 Å². The van der Waals surface area contributed by atoms with Crippen molar-refractivity contribution in [2.45, 2.75) is 6.92 Å². The Morgan fingerprint density at radius 1 is 0.917 bits per heavy atom. The summed E-state index contributed by atoms with van der Waals surface area (Å²) in [6.07, 6.45) is 5.30. The van der Waals surface area contributed by atoms with Gasteiger partial charge in [-0.25, -0.2) is 0 Å². The minimum atomic E-state index is 0.483. The smallest absolute Gasteiger partial charge is 0.258 e. The van der Waals surface area contributed by atoms with Gasteiger partial charge in [0.25, 0.3) is 5.89 Å². The van der Waals surface area contributed by atoms with E-state index in [1.54, 1.807) is 12.4 Å². The molecular weight excluding hydrogens is 300 g/mol. The van der Waals surface area contributed by atoms with E-state index in [0.29, 0.717) is 17.4 Å². The van der Waals surface area contributed by atoms with Gasteiger partial charge in [0.2, 0.25) is 5.82 Å². The van der Waals surface area contributed by atoms with Gasteiger partial charge in [0.15, 0.2) is 0 Å². The lowest BCUT2D eigenvalue weighted by Crippen LogP contribution is -1.87. The quantitative estimate of drug-likeness (QED) is 0.568. The third-order valence-corrected chi connectivity index (χ3v) is 3.78. The SMILES string of the molecule is Cc1ccc(-c2cccnc2)cc1-c1nc(-c2ccccn2)no1. The van der Waals surface area contributed by atoms with Gasteiger partial charge in [0.1, 0.15) is 5.69 Å². The maximum atomic E-state index is 5.46. The van der Waals surface area contributed by atoms with Crippen molar-refractivity contribution in [2.24, 2.45) is 0 Å². The minimum Gasteiger partial charge on any atom is -0.334 e. The van der Waals surface area contributed by atoms with Crippen molar-refractivity contribution in [3.05, 3.63) is 72.7 Å². The van der Waals surface area contributed by atoms with Crippen LogP contribution in [0.15, 0.2) is 71.6 Å². The topological polar surface area (TPSA) is 64.7 Å². The average molecular weight is 314 g/mol. The molecule has 4 rings (SSSR count). The second-order valence-electron chi connectivity index (χ2n) is 5.41. The van der Waals surface area contributed by atoms with Crippen LogP contribution in [0.25, 0.3) is 34.1 Å². The van der Waals surface area contributed by atoms with Gasteiger partial charge >= 0.3 is 0 Å². The van der Waals surface area contributed by atoms with Crippen LogP contribution < -0.4 is 0 Å². The van der Waals surface area contributed by atoms with E-state index in [9.17, 15) is 0 Å². The molecule has 3 aromatic heterocycles. The number of benzene rings is 1. The summed E-state index contributed by atoms with van der Waals surface area (Å²) in [6, 6.07) is 15.7. The van der Waals surface area contributed by atoms with Crippen molar-refractivity contribution < 1.29 is 4.52 Å². The van der Waals surface area contributed by atoms with Crippen LogP contribution in [0, 0.1) is 6.92 Å². The molecule has 0 spiro atoms.